The molecule has 0 amide bonds. The maximum Gasteiger partial charge on any atom is 0.330 e. The Hall–Kier alpha value is -0.670. The molecular formula is C48H91ClNO3P. The molecule has 0 bridgehead atoms. The highest BCUT2D eigenvalue weighted by atomic mass is 35.5. The Morgan fingerprint density at radius 2 is 1.04 bits per heavy atom. The standard InChI is InChI=1S/C48H91NO3P.ClH/c1-8-9-10-11-12-13-14-15-16-17-18-19-20-21-22-24-41-51-53(50,43-25-23-35-48-36-39-49(7)40-37-48)52-42-38-47(6)34-28-33-46(5)32-27-31-45(4)30-26-29-44(2)3;/h15-16,36-37,39-40,44-47H,8-14,17-35,38,41-43H2,1-7H3;1H/q+1;/p-1/b16-15-;. The summed E-state index contributed by atoms with van der Waals surface area (Å²) < 4.78 is 28.2. The second-order valence-corrected chi connectivity index (χ2v) is 19.7. The fourth-order valence-corrected chi connectivity index (χ4v) is 9.12. The van der Waals surface area contributed by atoms with Gasteiger partial charge in [-0.3, -0.25) is 4.57 Å². The molecule has 0 spiro atoms. The fourth-order valence-electron chi connectivity index (χ4n) is 7.38. The predicted octanol–water partition coefficient (Wildman–Crippen LogP) is 12.6. The summed E-state index contributed by atoms with van der Waals surface area (Å²) in [7, 11) is -1.03. The molecule has 318 valence electrons. The SMILES string of the molecule is CCCCCCCC/C=C\CCCCCCCCOP(=O)(CCCCc1cc[n+](C)cc1)OCCC(C)CCCC(C)CCCC(C)CCCC(C)C.[Cl-]. The minimum Gasteiger partial charge on any atom is -1.00 e. The van der Waals surface area contributed by atoms with Crippen molar-refractivity contribution in [3.8, 4) is 0 Å². The zero-order valence-corrected chi connectivity index (χ0v) is 38.6. The molecule has 1 rings (SSSR count). The molecule has 4 nitrogen and oxygen atoms in total. The Morgan fingerprint density at radius 3 is 1.57 bits per heavy atom. The van der Waals surface area contributed by atoms with E-state index in [2.05, 4.69) is 82.8 Å². The van der Waals surface area contributed by atoms with Crippen LogP contribution >= 0.6 is 7.60 Å². The van der Waals surface area contributed by atoms with Crippen molar-refractivity contribution in [3.63, 3.8) is 0 Å². The number of halogens is 1. The van der Waals surface area contributed by atoms with Gasteiger partial charge < -0.3 is 21.5 Å². The van der Waals surface area contributed by atoms with Crippen LogP contribution in [0.4, 0.5) is 0 Å². The van der Waals surface area contributed by atoms with Crippen molar-refractivity contribution in [2.24, 2.45) is 30.7 Å². The quantitative estimate of drug-likeness (QED) is 0.0290. The van der Waals surface area contributed by atoms with Crippen LogP contribution in [-0.4, -0.2) is 19.4 Å². The van der Waals surface area contributed by atoms with Gasteiger partial charge in [-0.05, 0) is 87.0 Å². The summed E-state index contributed by atoms with van der Waals surface area (Å²) in [5.74, 6) is 3.12. The molecule has 4 atom stereocenters. The van der Waals surface area contributed by atoms with Crippen LogP contribution in [-0.2, 0) is 27.1 Å². The lowest BCUT2D eigenvalue weighted by atomic mass is 9.91. The number of rotatable bonds is 38. The summed E-state index contributed by atoms with van der Waals surface area (Å²) in [6, 6.07) is 4.36. The van der Waals surface area contributed by atoms with Crippen LogP contribution in [0.15, 0.2) is 36.7 Å². The van der Waals surface area contributed by atoms with E-state index in [0.717, 1.165) is 56.3 Å². The smallest absolute Gasteiger partial charge is 0.330 e. The van der Waals surface area contributed by atoms with Gasteiger partial charge in [0.25, 0.3) is 0 Å². The van der Waals surface area contributed by atoms with Crippen molar-refractivity contribution in [2.75, 3.05) is 19.4 Å². The average Bonchev–Trinajstić information content (AvgIpc) is 3.12. The molecule has 6 heteroatoms. The van der Waals surface area contributed by atoms with Gasteiger partial charge in [-0.15, -0.1) is 0 Å². The van der Waals surface area contributed by atoms with E-state index in [9.17, 15) is 4.57 Å². The van der Waals surface area contributed by atoms with Gasteiger partial charge in [0.05, 0.1) is 19.4 Å². The first kappa shape index (κ1) is 53.3. The summed E-state index contributed by atoms with van der Waals surface area (Å²) in [6.07, 6.45) is 43.5. The van der Waals surface area contributed by atoms with Crippen molar-refractivity contribution in [3.05, 3.63) is 42.2 Å². The maximum atomic E-state index is 13.9. The van der Waals surface area contributed by atoms with Crippen LogP contribution < -0.4 is 17.0 Å². The lowest BCUT2D eigenvalue weighted by Gasteiger charge is -2.20. The van der Waals surface area contributed by atoms with Crippen molar-refractivity contribution >= 4 is 7.60 Å². The van der Waals surface area contributed by atoms with Crippen LogP contribution in [0.1, 0.15) is 214 Å². The second-order valence-electron chi connectivity index (χ2n) is 17.6. The minimum atomic E-state index is -3.08. The number of unbranched alkanes of at least 4 members (excludes halogenated alkanes) is 13. The van der Waals surface area contributed by atoms with E-state index in [1.165, 1.54) is 140 Å². The Morgan fingerprint density at radius 1 is 0.574 bits per heavy atom. The van der Waals surface area contributed by atoms with Gasteiger partial charge in [-0.25, -0.2) is 4.57 Å². The number of hydrogen-bond acceptors (Lipinski definition) is 3. The van der Waals surface area contributed by atoms with E-state index >= 15 is 0 Å². The van der Waals surface area contributed by atoms with Crippen LogP contribution in [0, 0.1) is 23.7 Å². The predicted molar refractivity (Wildman–Crippen MR) is 233 cm³/mol. The van der Waals surface area contributed by atoms with E-state index < -0.39 is 7.60 Å². The number of pyridine rings is 1. The maximum absolute atomic E-state index is 13.9. The number of hydrogen-bond donors (Lipinski definition) is 0. The van der Waals surface area contributed by atoms with Crippen molar-refractivity contribution in [1.82, 2.24) is 0 Å². The first-order valence-corrected chi connectivity index (χ1v) is 24.8. The highest BCUT2D eigenvalue weighted by molar-refractivity contribution is 7.53. The average molecular weight is 797 g/mol. The van der Waals surface area contributed by atoms with Gasteiger partial charge in [0.15, 0.2) is 12.4 Å². The first-order chi connectivity index (χ1) is 25.6. The number of nitrogens with zero attached hydrogens (tertiary/aromatic N) is 1. The molecule has 0 aromatic carbocycles. The topological polar surface area (TPSA) is 39.4 Å². The zero-order valence-electron chi connectivity index (χ0n) is 37.0. The van der Waals surface area contributed by atoms with Crippen LogP contribution in [0.2, 0.25) is 0 Å². The molecule has 0 aliphatic heterocycles. The van der Waals surface area contributed by atoms with Crippen molar-refractivity contribution in [1.29, 1.82) is 0 Å². The Labute approximate surface area is 344 Å². The highest BCUT2D eigenvalue weighted by Crippen LogP contribution is 2.49. The van der Waals surface area contributed by atoms with E-state index in [4.69, 9.17) is 9.05 Å². The summed E-state index contributed by atoms with van der Waals surface area (Å²) in [5, 5.41) is 0. The van der Waals surface area contributed by atoms with Gasteiger partial charge in [0, 0.05) is 12.1 Å². The summed E-state index contributed by atoms with van der Waals surface area (Å²) in [6.45, 7) is 15.3. The molecule has 0 saturated carbocycles. The lowest BCUT2D eigenvalue weighted by molar-refractivity contribution is -0.671. The number of aryl methyl sites for hydroxylation is 2. The zero-order chi connectivity index (χ0) is 38.8. The third-order valence-electron chi connectivity index (χ3n) is 11.3. The lowest BCUT2D eigenvalue weighted by Crippen LogP contribution is -3.00. The Kier molecular flexibility index (Phi) is 36.2. The number of allylic oxidation sites excluding steroid dienone is 2. The molecule has 0 fully saturated rings. The van der Waals surface area contributed by atoms with E-state index in [1.54, 1.807) is 0 Å². The molecule has 4 unspecified atom stereocenters. The third-order valence-corrected chi connectivity index (χ3v) is 13.3. The molecule has 1 aromatic heterocycles. The van der Waals surface area contributed by atoms with E-state index in [1.807, 2.05) is 7.05 Å². The van der Waals surface area contributed by atoms with Gasteiger partial charge in [-0.1, -0.05) is 169 Å². The third kappa shape index (κ3) is 33.5. The normalized spacial score (nSPS) is 14.7. The molecule has 0 N–H and O–H groups in total. The van der Waals surface area contributed by atoms with Crippen LogP contribution in [0.25, 0.3) is 0 Å². The van der Waals surface area contributed by atoms with Crippen molar-refractivity contribution < 1.29 is 30.6 Å². The first-order valence-electron chi connectivity index (χ1n) is 23.1. The molecule has 1 heterocycles. The van der Waals surface area contributed by atoms with Crippen LogP contribution in [0.3, 0.4) is 0 Å². The van der Waals surface area contributed by atoms with Gasteiger partial charge in [0.2, 0.25) is 0 Å². The molecule has 0 saturated heterocycles. The monoisotopic (exact) mass is 796 g/mol. The van der Waals surface area contributed by atoms with Crippen molar-refractivity contribution in [2.45, 2.75) is 215 Å². The number of aromatic nitrogens is 1. The van der Waals surface area contributed by atoms with Crippen LogP contribution in [0.5, 0.6) is 0 Å². The van der Waals surface area contributed by atoms with E-state index in [-0.39, 0.29) is 12.4 Å². The Balaban J connectivity index is 0.0000281. The van der Waals surface area contributed by atoms with Gasteiger partial charge >= 0.3 is 7.60 Å². The molecule has 0 aliphatic carbocycles. The highest BCUT2D eigenvalue weighted by Gasteiger charge is 2.24. The summed E-state index contributed by atoms with van der Waals surface area (Å²) in [4.78, 5) is 0. The van der Waals surface area contributed by atoms with Gasteiger partial charge in [-0.2, -0.15) is 0 Å². The molecule has 54 heavy (non-hydrogen) atoms. The molecule has 0 aliphatic rings. The summed E-state index contributed by atoms with van der Waals surface area (Å²) in [5.41, 5.74) is 1.33. The largest absolute Gasteiger partial charge is 1.00 e. The minimum absolute atomic E-state index is 0. The molecule has 1 aromatic rings. The Bertz CT molecular complexity index is 1020. The fraction of sp³-hybridized carbons (Fsp3) is 0.854. The summed E-state index contributed by atoms with van der Waals surface area (Å²) >= 11 is 0. The van der Waals surface area contributed by atoms with Gasteiger partial charge in [0.1, 0.15) is 7.05 Å². The van der Waals surface area contributed by atoms with E-state index in [0.29, 0.717) is 25.3 Å². The second kappa shape index (κ2) is 36.7. The molecular weight excluding hydrogens is 705 g/mol. The molecule has 0 radical (unpaired) electrons.